The Morgan fingerprint density at radius 2 is 1.55 bits per heavy atom. The first-order valence-corrected chi connectivity index (χ1v) is 8.18. The number of hydrogen-bond donors (Lipinski definition) is 1. The second-order valence-electron chi connectivity index (χ2n) is 6.44. The van der Waals surface area contributed by atoms with Crippen molar-refractivity contribution < 1.29 is 9.59 Å². The van der Waals surface area contributed by atoms with Crippen LogP contribution >= 0.6 is 12.4 Å². The molecule has 0 aromatic heterocycles. The second kappa shape index (κ2) is 7.62. The largest absolute Gasteiger partial charge is 0.338 e. The minimum absolute atomic E-state index is 0. The fourth-order valence-electron chi connectivity index (χ4n) is 3.70. The number of halogens is 1. The Morgan fingerprint density at radius 3 is 2.05 bits per heavy atom. The normalized spacial score (nSPS) is 29.5. The predicted octanol–water partition coefficient (Wildman–Crippen LogP) is -0.0748. The summed E-state index contributed by atoms with van der Waals surface area (Å²) in [6.07, 6.45) is 4.12. The highest BCUT2D eigenvalue weighted by atomic mass is 35.5. The van der Waals surface area contributed by atoms with Gasteiger partial charge in [0.2, 0.25) is 11.8 Å². The van der Waals surface area contributed by atoms with Gasteiger partial charge in [-0.3, -0.25) is 14.5 Å². The van der Waals surface area contributed by atoms with Crippen LogP contribution in [-0.4, -0.2) is 84.9 Å². The van der Waals surface area contributed by atoms with Crippen molar-refractivity contribution in [3.8, 4) is 0 Å². The lowest BCUT2D eigenvalue weighted by atomic mass is 10.1. The maximum Gasteiger partial charge on any atom is 0.240 e. The number of nitrogens with zero attached hydrogens (tertiary/aromatic N) is 3. The molecule has 2 unspecified atom stereocenters. The van der Waals surface area contributed by atoms with Gasteiger partial charge in [-0.05, 0) is 45.8 Å². The van der Waals surface area contributed by atoms with Crippen LogP contribution in [0.15, 0.2) is 0 Å². The average molecular weight is 331 g/mol. The van der Waals surface area contributed by atoms with E-state index in [1.807, 2.05) is 16.8 Å². The van der Waals surface area contributed by atoms with E-state index in [0.29, 0.717) is 26.2 Å². The molecule has 0 aliphatic carbocycles. The number of amides is 2. The van der Waals surface area contributed by atoms with Gasteiger partial charge in [-0.25, -0.2) is 0 Å². The summed E-state index contributed by atoms with van der Waals surface area (Å²) >= 11 is 0. The zero-order chi connectivity index (χ0) is 14.8. The van der Waals surface area contributed by atoms with Crippen molar-refractivity contribution >= 4 is 24.2 Å². The van der Waals surface area contributed by atoms with Gasteiger partial charge in [0, 0.05) is 26.2 Å². The number of rotatable bonds is 2. The van der Waals surface area contributed by atoms with Gasteiger partial charge in [0.15, 0.2) is 0 Å². The summed E-state index contributed by atoms with van der Waals surface area (Å²) in [6, 6.07) is 0.0666. The van der Waals surface area contributed by atoms with Gasteiger partial charge >= 0.3 is 0 Å². The zero-order valence-corrected chi connectivity index (χ0v) is 14.1. The molecule has 3 rings (SSSR count). The van der Waals surface area contributed by atoms with Crippen molar-refractivity contribution in [1.29, 1.82) is 0 Å². The lowest BCUT2D eigenvalue weighted by molar-refractivity contribution is -0.142. The van der Waals surface area contributed by atoms with Crippen molar-refractivity contribution in [2.75, 3.05) is 46.3 Å². The Kier molecular flexibility index (Phi) is 6.06. The molecule has 0 bridgehead atoms. The molecule has 126 valence electrons. The summed E-state index contributed by atoms with van der Waals surface area (Å²) in [5.74, 6) is 0.471. The first-order valence-electron chi connectivity index (χ1n) is 8.18. The molecule has 3 saturated heterocycles. The Bertz CT molecular complexity index is 406. The van der Waals surface area contributed by atoms with Crippen LogP contribution in [0.3, 0.4) is 0 Å². The van der Waals surface area contributed by atoms with Gasteiger partial charge in [0.25, 0.3) is 0 Å². The van der Waals surface area contributed by atoms with E-state index in [-0.39, 0.29) is 36.3 Å². The van der Waals surface area contributed by atoms with Gasteiger partial charge in [-0.15, -0.1) is 12.4 Å². The number of likely N-dealkylation sites (tertiary alicyclic amines) is 1. The van der Waals surface area contributed by atoms with Crippen LogP contribution in [0.25, 0.3) is 0 Å². The van der Waals surface area contributed by atoms with E-state index in [2.05, 4.69) is 10.2 Å². The molecule has 3 fully saturated rings. The maximum absolute atomic E-state index is 12.5. The molecule has 7 heteroatoms. The van der Waals surface area contributed by atoms with E-state index in [9.17, 15) is 9.59 Å². The van der Waals surface area contributed by atoms with Crippen LogP contribution in [0.2, 0.25) is 0 Å². The smallest absolute Gasteiger partial charge is 0.240 e. The van der Waals surface area contributed by atoms with E-state index < -0.39 is 0 Å². The summed E-state index contributed by atoms with van der Waals surface area (Å²) in [6.45, 7) is 4.69. The maximum atomic E-state index is 12.5. The summed E-state index contributed by atoms with van der Waals surface area (Å²) < 4.78 is 0. The first kappa shape index (κ1) is 17.5. The summed E-state index contributed by atoms with van der Waals surface area (Å²) in [4.78, 5) is 30.9. The SMILES string of the molecule is CN1CCCC1C(=O)N1CCN(C(=O)C2CCCN2)CC1.Cl. The summed E-state index contributed by atoms with van der Waals surface area (Å²) in [5.41, 5.74) is 0. The van der Waals surface area contributed by atoms with Crippen molar-refractivity contribution in [2.24, 2.45) is 0 Å². The van der Waals surface area contributed by atoms with E-state index in [4.69, 9.17) is 0 Å². The summed E-state index contributed by atoms with van der Waals surface area (Å²) in [7, 11) is 2.03. The number of nitrogens with one attached hydrogen (secondary N) is 1. The van der Waals surface area contributed by atoms with E-state index in [1.165, 1.54) is 0 Å². The molecule has 0 saturated carbocycles. The molecule has 6 nitrogen and oxygen atoms in total. The molecule has 0 spiro atoms. The Balaban J connectivity index is 0.00000176. The summed E-state index contributed by atoms with van der Waals surface area (Å²) in [5, 5.41) is 3.26. The minimum atomic E-state index is 0. The fraction of sp³-hybridized carbons (Fsp3) is 0.867. The van der Waals surface area contributed by atoms with Crippen LogP contribution < -0.4 is 5.32 Å². The minimum Gasteiger partial charge on any atom is -0.338 e. The molecule has 22 heavy (non-hydrogen) atoms. The Labute approximate surface area is 138 Å². The van der Waals surface area contributed by atoms with Crippen LogP contribution in [0.4, 0.5) is 0 Å². The second-order valence-corrected chi connectivity index (χ2v) is 6.44. The lowest BCUT2D eigenvalue weighted by Crippen LogP contribution is -2.56. The van der Waals surface area contributed by atoms with Crippen molar-refractivity contribution in [2.45, 2.75) is 37.8 Å². The third-order valence-electron chi connectivity index (χ3n) is 5.07. The highest BCUT2D eigenvalue weighted by Crippen LogP contribution is 2.18. The Hall–Kier alpha value is -0.850. The molecule has 2 atom stereocenters. The van der Waals surface area contributed by atoms with Crippen LogP contribution in [0, 0.1) is 0 Å². The number of likely N-dealkylation sites (N-methyl/N-ethyl adjacent to an activating group) is 1. The van der Waals surface area contributed by atoms with E-state index in [0.717, 1.165) is 38.8 Å². The van der Waals surface area contributed by atoms with Gasteiger partial charge < -0.3 is 15.1 Å². The molecule has 1 N–H and O–H groups in total. The quantitative estimate of drug-likeness (QED) is 0.770. The van der Waals surface area contributed by atoms with Crippen LogP contribution in [0.1, 0.15) is 25.7 Å². The zero-order valence-electron chi connectivity index (χ0n) is 13.3. The fourth-order valence-corrected chi connectivity index (χ4v) is 3.70. The standard InChI is InChI=1S/C15H26N4O2.ClH/c1-17-7-3-5-13(17)15(21)19-10-8-18(9-11-19)14(20)12-4-2-6-16-12;/h12-13,16H,2-11H2,1H3;1H. The van der Waals surface area contributed by atoms with Gasteiger partial charge in [0.05, 0.1) is 12.1 Å². The van der Waals surface area contributed by atoms with E-state index in [1.54, 1.807) is 0 Å². The molecule has 0 aromatic rings. The van der Waals surface area contributed by atoms with Crippen LogP contribution in [-0.2, 0) is 9.59 Å². The van der Waals surface area contributed by atoms with Gasteiger partial charge in [-0.2, -0.15) is 0 Å². The lowest BCUT2D eigenvalue weighted by Gasteiger charge is -2.37. The van der Waals surface area contributed by atoms with Gasteiger partial charge in [0.1, 0.15) is 0 Å². The average Bonchev–Trinajstić information content (AvgIpc) is 3.17. The molecular formula is C15H27ClN4O2. The number of carbonyl (C=O) groups is 2. The molecular weight excluding hydrogens is 304 g/mol. The topological polar surface area (TPSA) is 55.9 Å². The highest BCUT2D eigenvalue weighted by Gasteiger charge is 2.34. The van der Waals surface area contributed by atoms with Crippen molar-refractivity contribution in [3.63, 3.8) is 0 Å². The highest BCUT2D eigenvalue weighted by molar-refractivity contribution is 5.85. The van der Waals surface area contributed by atoms with Gasteiger partial charge in [-0.1, -0.05) is 0 Å². The molecule has 3 heterocycles. The monoisotopic (exact) mass is 330 g/mol. The van der Waals surface area contributed by atoms with Crippen molar-refractivity contribution in [3.05, 3.63) is 0 Å². The van der Waals surface area contributed by atoms with Crippen molar-refractivity contribution in [1.82, 2.24) is 20.0 Å². The van der Waals surface area contributed by atoms with Crippen LogP contribution in [0.5, 0.6) is 0 Å². The molecule has 3 aliphatic rings. The molecule has 0 radical (unpaired) electrons. The number of piperazine rings is 1. The predicted molar refractivity (Wildman–Crippen MR) is 87.1 cm³/mol. The number of carbonyl (C=O) groups excluding carboxylic acids is 2. The number of hydrogen-bond acceptors (Lipinski definition) is 4. The van der Waals surface area contributed by atoms with E-state index >= 15 is 0 Å². The first-order chi connectivity index (χ1) is 10.2. The molecule has 0 aromatic carbocycles. The third kappa shape index (κ3) is 3.55. The third-order valence-corrected chi connectivity index (χ3v) is 5.07. The molecule has 3 aliphatic heterocycles. The Morgan fingerprint density at radius 1 is 0.909 bits per heavy atom. The molecule has 2 amide bonds.